The van der Waals surface area contributed by atoms with Gasteiger partial charge in [-0.05, 0) is 48.0 Å². The van der Waals surface area contributed by atoms with Crippen molar-refractivity contribution >= 4 is 23.4 Å². The molecule has 6 heteroatoms. The molecule has 0 bridgehead atoms. The lowest BCUT2D eigenvalue weighted by Gasteiger charge is -2.28. The first-order chi connectivity index (χ1) is 13.2. The van der Waals surface area contributed by atoms with E-state index in [9.17, 15) is 10.1 Å². The fourth-order valence-corrected chi connectivity index (χ4v) is 2.74. The summed E-state index contributed by atoms with van der Waals surface area (Å²) in [7, 11) is 0. The minimum Gasteiger partial charge on any atom is -0.378 e. The van der Waals surface area contributed by atoms with Gasteiger partial charge in [0.05, 0.1) is 24.8 Å². The predicted molar refractivity (Wildman–Crippen MR) is 103 cm³/mol. The van der Waals surface area contributed by atoms with Crippen molar-refractivity contribution in [3.63, 3.8) is 0 Å². The summed E-state index contributed by atoms with van der Waals surface area (Å²) in [6, 6.07) is 18.1. The number of hydrogen-bond acceptors (Lipinski definition) is 5. The van der Waals surface area contributed by atoms with Crippen LogP contribution in [0.5, 0.6) is 0 Å². The molecule has 134 valence electrons. The van der Waals surface area contributed by atoms with Gasteiger partial charge in [0.2, 0.25) is 0 Å². The standard InChI is InChI=1S/C21H18N4O2/c22-14-17-3-1-16(2-4-17)13-18(15-23)21(26)24-19-5-7-20(8-6-19)25-9-11-27-12-10-25/h1-8,13H,9-12H2,(H,24,26). The maximum Gasteiger partial charge on any atom is 0.266 e. The Balaban J connectivity index is 1.68. The zero-order valence-corrected chi connectivity index (χ0v) is 14.7. The van der Waals surface area contributed by atoms with Gasteiger partial charge in [-0.3, -0.25) is 4.79 Å². The van der Waals surface area contributed by atoms with Crippen LogP contribution < -0.4 is 10.2 Å². The van der Waals surface area contributed by atoms with Crippen molar-refractivity contribution in [3.8, 4) is 12.1 Å². The Morgan fingerprint density at radius 1 is 1.04 bits per heavy atom. The van der Waals surface area contributed by atoms with E-state index in [1.54, 1.807) is 24.3 Å². The van der Waals surface area contributed by atoms with Crippen molar-refractivity contribution in [2.24, 2.45) is 0 Å². The van der Waals surface area contributed by atoms with E-state index >= 15 is 0 Å². The number of anilines is 2. The minimum absolute atomic E-state index is 0.00281. The zero-order valence-electron chi connectivity index (χ0n) is 14.7. The SMILES string of the molecule is N#CC(=Cc1ccc(C#N)cc1)C(=O)Nc1ccc(N2CCOCC2)cc1. The summed E-state index contributed by atoms with van der Waals surface area (Å²) in [6.45, 7) is 3.11. The lowest BCUT2D eigenvalue weighted by molar-refractivity contribution is -0.112. The Hall–Kier alpha value is -3.61. The zero-order chi connectivity index (χ0) is 19.1. The normalized spacial score (nSPS) is 14.1. The summed E-state index contributed by atoms with van der Waals surface area (Å²) in [5.41, 5.74) is 2.90. The van der Waals surface area contributed by atoms with E-state index in [2.05, 4.69) is 10.2 Å². The molecule has 0 unspecified atom stereocenters. The van der Waals surface area contributed by atoms with Crippen molar-refractivity contribution in [1.29, 1.82) is 10.5 Å². The third-order valence-electron chi connectivity index (χ3n) is 4.22. The molecular formula is C21H18N4O2. The number of carbonyl (C=O) groups excluding carboxylic acids is 1. The summed E-state index contributed by atoms with van der Waals surface area (Å²) in [6.07, 6.45) is 1.50. The molecule has 3 rings (SSSR count). The molecule has 1 aliphatic heterocycles. The lowest BCUT2D eigenvalue weighted by Crippen LogP contribution is -2.36. The lowest BCUT2D eigenvalue weighted by atomic mass is 10.1. The number of benzene rings is 2. The summed E-state index contributed by atoms with van der Waals surface area (Å²) in [4.78, 5) is 14.6. The number of nitriles is 2. The van der Waals surface area contributed by atoms with Gasteiger partial charge in [-0.15, -0.1) is 0 Å². The van der Waals surface area contributed by atoms with E-state index in [0.29, 0.717) is 30.0 Å². The van der Waals surface area contributed by atoms with E-state index < -0.39 is 5.91 Å². The number of rotatable bonds is 4. The van der Waals surface area contributed by atoms with Crippen molar-refractivity contribution < 1.29 is 9.53 Å². The minimum atomic E-state index is -0.471. The van der Waals surface area contributed by atoms with E-state index in [1.807, 2.05) is 36.4 Å². The molecule has 1 N–H and O–H groups in total. The number of ether oxygens (including phenoxy) is 1. The van der Waals surface area contributed by atoms with Crippen LogP contribution in [0.3, 0.4) is 0 Å². The summed E-state index contributed by atoms with van der Waals surface area (Å²) in [5, 5.41) is 20.9. The van der Waals surface area contributed by atoms with Crippen LogP contribution in [-0.4, -0.2) is 32.2 Å². The molecule has 0 aromatic heterocycles. The van der Waals surface area contributed by atoms with E-state index in [0.717, 1.165) is 18.8 Å². The molecule has 0 saturated carbocycles. The van der Waals surface area contributed by atoms with Crippen LogP contribution in [0.4, 0.5) is 11.4 Å². The molecule has 1 saturated heterocycles. The molecule has 1 aliphatic rings. The highest BCUT2D eigenvalue weighted by atomic mass is 16.5. The fourth-order valence-electron chi connectivity index (χ4n) is 2.74. The summed E-state index contributed by atoms with van der Waals surface area (Å²) in [5.74, 6) is -0.471. The topological polar surface area (TPSA) is 89.2 Å². The molecule has 1 heterocycles. The van der Waals surface area contributed by atoms with Gasteiger partial charge < -0.3 is 15.0 Å². The van der Waals surface area contributed by atoms with Crippen molar-refractivity contribution in [2.45, 2.75) is 0 Å². The fraction of sp³-hybridized carbons (Fsp3) is 0.190. The van der Waals surface area contributed by atoms with E-state index in [1.165, 1.54) is 6.08 Å². The molecule has 1 fully saturated rings. The van der Waals surface area contributed by atoms with Crippen molar-refractivity contribution in [2.75, 3.05) is 36.5 Å². The maximum absolute atomic E-state index is 12.4. The molecule has 0 spiro atoms. The van der Waals surface area contributed by atoms with Gasteiger partial charge in [0, 0.05) is 24.5 Å². The van der Waals surface area contributed by atoms with Gasteiger partial charge in [-0.1, -0.05) is 12.1 Å². The number of hydrogen-bond donors (Lipinski definition) is 1. The Bertz CT molecular complexity index is 913. The number of morpholine rings is 1. The molecule has 2 aromatic carbocycles. The quantitative estimate of drug-likeness (QED) is 0.670. The highest BCUT2D eigenvalue weighted by Crippen LogP contribution is 2.19. The van der Waals surface area contributed by atoms with Crippen LogP contribution in [0.1, 0.15) is 11.1 Å². The van der Waals surface area contributed by atoms with Gasteiger partial charge in [0.1, 0.15) is 11.6 Å². The van der Waals surface area contributed by atoms with Gasteiger partial charge in [-0.25, -0.2) is 0 Å². The smallest absolute Gasteiger partial charge is 0.266 e. The molecule has 27 heavy (non-hydrogen) atoms. The van der Waals surface area contributed by atoms with Crippen LogP contribution in [0.15, 0.2) is 54.1 Å². The third-order valence-corrected chi connectivity index (χ3v) is 4.22. The van der Waals surface area contributed by atoms with Gasteiger partial charge >= 0.3 is 0 Å². The average molecular weight is 358 g/mol. The third kappa shape index (κ3) is 4.72. The molecule has 0 radical (unpaired) electrons. The Morgan fingerprint density at radius 3 is 2.30 bits per heavy atom. The van der Waals surface area contributed by atoms with Gasteiger partial charge in [0.25, 0.3) is 5.91 Å². The highest BCUT2D eigenvalue weighted by molar-refractivity contribution is 6.09. The van der Waals surface area contributed by atoms with Gasteiger partial charge in [-0.2, -0.15) is 10.5 Å². The number of carbonyl (C=O) groups is 1. The molecule has 0 aliphatic carbocycles. The second-order valence-electron chi connectivity index (χ2n) is 6.00. The first-order valence-corrected chi connectivity index (χ1v) is 8.55. The first kappa shape index (κ1) is 18.2. The summed E-state index contributed by atoms with van der Waals surface area (Å²) >= 11 is 0. The van der Waals surface area contributed by atoms with Crippen molar-refractivity contribution in [1.82, 2.24) is 0 Å². The average Bonchev–Trinajstić information content (AvgIpc) is 2.73. The van der Waals surface area contributed by atoms with Crippen LogP contribution in [0, 0.1) is 22.7 Å². The van der Waals surface area contributed by atoms with Crippen molar-refractivity contribution in [3.05, 3.63) is 65.2 Å². The predicted octanol–water partition coefficient (Wildman–Crippen LogP) is 2.94. The molecule has 2 aromatic rings. The first-order valence-electron chi connectivity index (χ1n) is 8.55. The van der Waals surface area contributed by atoms with Crippen LogP contribution >= 0.6 is 0 Å². The Morgan fingerprint density at radius 2 is 1.70 bits per heavy atom. The molecule has 1 amide bonds. The second kappa shape index (κ2) is 8.66. The monoisotopic (exact) mass is 358 g/mol. The maximum atomic E-state index is 12.4. The number of nitrogens with zero attached hydrogens (tertiary/aromatic N) is 3. The number of nitrogens with one attached hydrogen (secondary N) is 1. The van der Waals surface area contributed by atoms with Crippen LogP contribution in [0.2, 0.25) is 0 Å². The van der Waals surface area contributed by atoms with Gasteiger partial charge in [0.15, 0.2) is 0 Å². The number of amides is 1. The molecular weight excluding hydrogens is 340 g/mol. The Kier molecular flexibility index (Phi) is 5.84. The largest absolute Gasteiger partial charge is 0.378 e. The van der Waals surface area contributed by atoms with Crippen LogP contribution in [0.25, 0.3) is 6.08 Å². The van der Waals surface area contributed by atoms with E-state index in [4.69, 9.17) is 10.00 Å². The van der Waals surface area contributed by atoms with Crippen LogP contribution in [-0.2, 0) is 9.53 Å². The Labute approximate surface area is 157 Å². The second-order valence-corrected chi connectivity index (χ2v) is 6.00. The molecule has 6 nitrogen and oxygen atoms in total. The molecule has 0 atom stereocenters. The summed E-state index contributed by atoms with van der Waals surface area (Å²) < 4.78 is 5.35. The van der Waals surface area contributed by atoms with E-state index in [-0.39, 0.29) is 5.57 Å². The highest BCUT2D eigenvalue weighted by Gasteiger charge is 2.12.